The van der Waals surface area contributed by atoms with Crippen molar-refractivity contribution in [2.75, 3.05) is 13.2 Å². The third-order valence-corrected chi connectivity index (χ3v) is 4.23. The minimum Gasteiger partial charge on any atom is -0.465 e. The van der Waals surface area contributed by atoms with E-state index in [4.69, 9.17) is 9.47 Å². The molecule has 0 atom stereocenters. The summed E-state index contributed by atoms with van der Waals surface area (Å²) in [6.07, 6.45) is 0.862. The van der Waals surface area contributed by atoms with Crippen molar-refractivity contribution in [2.45, 2.75) is 32.9 Å². The summed E-state index contributed by atoms with van der Waals surface area (Å²) in [6.45, 7) is 3.55. The number of carbonyl (C=O) groups excluding carboxylic acids is 2. The monoisotopic (exact) mass is 382 g/mol. The fourth-order valence-corrected chi connectivity index (χ4v) is 2.91. The number of ether oxygens (including phenoxy) is 2. The number of hydrogen-bond acceptors (Lipinski definition) is 4. The van der Waals surface area contributed by atoms with Gasteiger partial charge in [0.15, 0.2) is 5.41 Å². The van der Waals surface area contributed by atoms with Crippen LogP contribution in [0.25, 0.3) is 6.08 Å². The number of alkyl halides is 3. The van der Waals surface area contributed by atoms with Crippen molar-refractivity contribution in [3.05, 3.63) is 53.1 Å². The first kappa shape index (κ1) is 20.7. The largest absolute Gasteiger partial charge is 0.465 e. The van der Waals surface area contributed by atoms with Crippen LogP contribution >= 0.6 is 0 Å². The van der Waals surface area contributed by atoms with Crippen LogP contribution in [0.4, 0.5) is 13.2 Å². The zero-order chi connectivity index (χ0) is 20.1. The van der Waals surface area contributed by atoms with Gasteiger partial charge in [0.2, 0.25) is 0 Å². The van der Waals surface area contributed by atoms with Gasteiger partial charge in [-0.2, -0.15) is 13.2 Å². The molecule has 1 aliphatic carbocycles. The summed E-state index contributed by atoms with van der Waals surface area (Å²) >= 11 is 0. The molecule has 4 nitrogen and oxygen atoms in total. The highest BCUT2D eigenvalue weighted by molar-refractivity contribution is 6.01. The van der Waals surface area contributed by atoms with Crippen LogP contribution in [-0.2, 0) is 25.2 Å². The Morgan fingerprint density at radius 2 is 1.63 bits per heavy atom. The van der Waals surface area contributed by atoms with Crippen LogP contribution < -0.4 is 0 Å². The quantitative estimate of drug-likeness (QED) is 0.554. The fraction of sp³-hybridized carbons (Fsp3) is 0.400. The second kappa shape index (κ2) is 8.41. The highest BCUT2D eigenvalue weighted by Gasteiger charge is 2.49. The second-order valence-electron chi connectivity index (χ2n) is 6.15. The molecule has 0 heterocycles. The zero-order valence-corrected chi connectivity index (χ0v) is 15.1. The van der Waals surface area contributed by atoms with E-state index in [1.54, 1.807) is 32.1 Å². The van der Waals surface area contributed by atoms with Crippen LogP contribution in [0.3, 0.4) is 0 Å². The van der Waals surface area contributed by atoms with E-state index in [0.717, 1.165) is 12.1 Å². The van der Waals surface area contributed by atoms with Gasteiger partial charge in [0.25, 0.3) is 0 Å². The molecule has 0 N–H and O–H groups in total. The summed E-state index contributed by atoms with van der Waals surface area (Å²) in [5.41, 5.74) is -1.05. The van der Waals surface area contributed by atoms with Gasteiger partial charge in [0.05, 0.1) is 18.8 Å². The molecule has 146 valence electrons. The maximum Gasteiger partial charge on any atom is 0.416 e. The molecule has 1 aromatic rings. The molecule has 0 unspecified atom stereocenters. The molecule has 0 aromatic heterocycles. The molecule has 1 aromatic carbocycles. The number of hydrogen-bond donors (Lipinski definition) is 0. The van der Waals surface area contributed by atoms with E-state index in [-0.39, 0.29) is 26.1 Å². The first-order chi connectivity index (χ1) is 12.7. The average Bonchev–Trinajstić information content (AvgIpc) is 2.62. The Labute approximate surface area is 155 Å². The lowest BCUT2D eigenvalue weighted by Crippen LogP contribution is -2.43. The Bertz CT molecular complexity index is 727. The highest BCUT2D eigenvalue weighted by Crippen LogP contribution is 2.39. The first-order valence-electron chi connectivity index (χ1n) is 8.61. The summed E-state index contributed by atoms with van der Waals surface area (Å²) < 4.78 is 48.2. The zero-order valence-electron chi connectivity index (χ0n) is 15.1. The van der Waals surface area contributed by atoms with Gasteiger partial charge in [-0.1, -0.05) is 30.4 Å². The van der Waals surface area contributed by atoms with Gasteiger partial charge >= 0.3 is 18.1 Å². The van der Waals surface area contributed by atoms with Crippen molar-refractivity contribution in [1.82, 2.24) is 0 Å². The van der Waals surface area contributed by atoms with Crippen molar-refractivity contribution in [1.29, 1.82) is 0 Å². The molecule has 27 heavy (non-hydrogen) atoms. The van der Waals surface area contributed by atoms with Crippen LogP contribution in [0.15, 0.2) is 42.0 Å². The van der Waals surface area contributed by atoms with Crippen LogP contribution in [-0.4, -0.2) is 25.2 Å². The summed E-state index contributed by atoms with van der Waals surface area (Å²) in [7, 11) is 0. The van der Waals surface area contributed by atoms with E-state index in [9.17, 15) is 22.8 Å². The van der Waals surface area contributed by atoms with Gasteiger partial charge < -0.3 is 9.47 Å². The Morgan fingerprint density at radius 1 is 1.07 bits per heavy atom. The van der Waals surface area contributed by atoms with E-state index in [2.05, 4.69) is 0 Å². The molecule has 0 aliphatic heterocycles. The lowest BCUT2D eigenvalue weighted by molar-refractivity contribution is -0.172. The van der Waals surface area contributed by atoms with Crippen molar-refractivity contribution in [3.63, 3.8) is 0 Å². The molecule has 0 saturated carbocycles. The number of esters is 2. The van der Waals surface area contributed by atoms with E-state index >= 15 is 0 Å². The van der Waals surface area contributed by atoms with Crippen LogP contribution in [0.5, 0.6) is 0 Å². The molecule has 1 aliphatic rings. The standard InChI is InChI=1S/C20H21F3O4/c1-3-26-17(24)19(18(25)27-4-2)11-5-6-15(13-19)12-14-7-9-16(10-8-14)20(21,22)23/h5-10,12H,3-4,11,13H2,1-2H3/b15-12+. The van der Waals surface area contributed by atoms with E-state index in [0.29, 0.717) is 11.1 Å². The van der Waals surface area contributed by atoms with Crippen LogP contribution in [0.2, 0.25) is 0 Å². The van der Waals surface area contributed by atoms with Crippen molar-refractivity contribution >= 4 is 18.0 Å². The second-order valence-corrected chi connectivity index (χ2v) is 6.15. The Hall–Kier alpha value is -2.57. The van der Waals surface area contributed by atoms with Gasteiger partial charge in [-0.3, -0.25) is 9.59 Å². The molecule has 0 radical (unpaired) electrons. The third kappa shape index (κ3) is 4.78. The molecule has 0 bridgehead atoms. The van der Waals surface area contributed by atoms with Crippen molar-refractivity contribution in [2.24, 2.45) is 5.41 Å². The molecule has 0 amide bonds. The average molecular weight is 382 g/mol. The molecule has 0 fully saturated rings. The van der Waals surface area contributed by atoms with E-state index in [1.807, 2.05) is 0 Å². The number of carbonyl (C=O) groups is 2. The minimum atomic E-state index is -4.40. The Kier molecular flexibility index (Phi) is 6.46. The molecule has 0 saturated heterocycles. The SMILES string of the molecule is CCOC(=O)C1(C(=O)OCC)CC=C/C(=C\c2ccc(C(F)(F)F)cc2)C1. The maximum atomic E-state index is 12.7. The van der Waals surface area contributed by atoms with E-state index < -0.39 is 29.1 Å². The molecule has 0 spiro atoms. The number of allylic oxidation sites excluding steroid dienone is 3. The fourth-order valence-electron chi connectivity index (χ4n) is 2.91. The third-order valence-electron chi connectivity index (χ3n) is 4.23. The molecular weight excluding hydrogens is 361 g/mol. The number of halogens is 3. The van der Waals surface area contributed by atoms with E-state index in [1.165, 1.54) is 12.1 Å². The van der Waals surface area contributed by atoms with Gasteiger partial charge in [-0.15, -0.1) is 0 Å². The predicted molar refractivity (Wildman–Crippen MR) is 93.5 cm³/mol. The Balaban J connectivity index is 2.32. The highest BCUT2D eigenvalue weighted by atomic mass is 19.4. The predicted octanol–water partition coefficient (Wildman–Crippen LogP) is 4.55. The number of rotatable bonds is 5. The van der Waals surface area contributed by atoms with Gasteiger partial charge in [-0.05, 0) is 50.0 Å². The lowest BCUT2D eigenvalue weighted by atomic mass is 9.74. The summed E-state index contributed by atoms with van der Waals surface area (Å²) in [4.78, 5) is 25.0. The summed E-state index contributed by atoms with van der Waals surface area (Å²) in [5, 5.41) is 0. The first-order valence-corrected chi connectivity index (χ1v) is 8.61. The van der Waals surface area contributed by atoms with Gasteiger partial charge in [0.1, 0.15) is 0 Å². The summed E-state index contributed by atoms with van der Waals surface area (Å²) in [6, 6.07) is 4.66. The smallest absolute Gasteiger partial charge is 0.416 e. The van der Waals surface area contributed by atoms with Crippen molar-refractivity contribution < 1.29 is 32.2 Å². The minimum absolute atomic E-state index is 0.0577. The number of benzene rings is 1. The summed E-state index contributed by atoms with van der Waals surface area (Å²) in [5.74, 6) is -1.32. The van der Waals surface area contributed by atoms with Gasteiger partial charge in [0, 0.05) is 0 Å². The van der Waals surface area contributed by atoms with Crippen molar-refractivity contribution in [3.8, 4) is 0 Å². The molecule has 2 rings (SSSR count). The van der Waals surface area contributed by atoms with Gasteiger partial charge in [-0.25, -0.2) is 0 Å². The topological polar surface area (TPSA) is 52.6 Å². The van der Waals surface area contributed by atoms with Crippen LogP contribution in [0.1, 0.15) is 37.8 Å². The normalized spacial score (nSPS) is 17.6. The van der Waals surface area contributed by atoms with Crippen LogP contribution in [0, 0.1) is 5.41 Å². The Morgan fingerprint density at radius 3 is 2.11 bits per heavy atom. The molecular formula is C20H21F3O4. The maximum absolute atomic E-state index is 12.7. The molecule has 7 heteroatoms. The lowest BCUT2D eigenvalue weighted by Gasteiger charge is -2.31.